The molecule has 0 radical (unpaired) electrons. The molecule has 0 aliphatic rings. The molecule has 4 aromatic rings. The first-order valence-electron chi connectivity index (χ1n) is 8.38. The van der Waals surface area contributed by atoms with Crippen LogP contribution in [0, 0.1) is 14.3 Å². The second kappa shape index (κ2) is 8.91. The van der Waals surface area contributed by atoms with Crippen molar-refractivity contribution in [1.29, 1.82) is 0 Å². The van der Waals surface area contributed by atoms with Crippen LogP contribution >= 0.6 is 90.4 Å². The summed E-state index contributed by atoms with van der Waals surface area (Å²) in [4.78, 5) is 25.8. The molecule has 0 amide bonds. The summed E-state index contributed by atoms with van der Waals surface area (Å²) in [6.45, 7) is 0. The largest absolute Gasteiger partial charge is 0.386 e. The maximum absolute atomic E-state index is 12.9. The van der Waals surface area contributed by atoms with Crippen LogP contribution in [0.2, 0.25) is 0 Å². The van der Waals surface area contributed by atoms with Crippen LogP contribution in [-0.2, 0) is 4.74 Å². The predicted molar refractivity (Wildman–Crippen MR) is 149 cm³/mol. The molecule has 0 unspecified atom stereocenters. The molecule has 0 aliphatic heterocycles. The van der Waals surface area contributed by atoms with E-state index in [0.29, 0.717) is 11.1 Å². The first-order chi connectivity index (χ1) is 13.9. The van der Waals surface area contributed by atoms with Gasteiger partial charge in [-0.15, -0.1) is 0 Å². The van der Waals surface area contributed by atoms with E-state index in [1.807, 2.05) is 48.5 Å². The third-order valence-corrected chi connectivity index (χ3v) is 8.10. The van der Waals surface area contributed by atoms with Crippen LogP contribution in [0.25, 0.3) is 21.5 Å². The average Bonchev–Trinajstić information content (AvgIpc) is 2.68. The highest BCUT2D eigenvalue weighted by molar-refractivity contribution is 14.1. The Bertz CT molecular complexity index is 1200. The maximum Gasteiger partial charge on any atom is 0.346 e. The van der Waals surface area contributed by atoms with Gasteiger partial charge in [0.2, 0.25) is 0 Å². The lowest BCUT2D eigenvalue weighted by Gasteiger charge is -2.11. The van der Waals surface area contributed by atoms with E-state index in [9.17, 15) is 9.59 Å². The highest BCUT2D eigenvalue weighted by atomic mass is 127. The minimum Gasteiger partial charge on any atom is -0.386 e. The van der Waals surface area contributed by atoms with Gasteiger partial charge in [0, 0.05) is 25.1 Å². The topological polar surface area (TPSA) is 43.4 Å². The van der Waals surface area contributed by atoms with Crippen molar-refractivity contribution in [3.63, 3.8) is 0 Å². The van der Waals surface area contributed by atoms with Gasteiger partial charge in [0.05, 0.1) is 11.1 Å². The minimum absolute atomic E-state index is 0.386. The molecule has 3 nitrogen and oxygen atoms in total. The fraction of sp³-hybridized carbons (Fsp3) is 0. The first-order valence-corrected chi connectivity index (χ1v) is 12.7. The van der Waals surface area contributed by atoms with E-state index in [0.717, 1.165) is 35.8 Å². The zero-order chi connectivity index (χ0) is 20.7. The number of halogens is 4. The molecule has 0 fully saturated rings. The van der Waals surface area contributed by atoms with E-state index in [-0.39, 0.29) is 0 Å². The van der Waals surface area contributed by atoms with Crippen molar-refractivity contribution in [1.82, 2.24) is 0 Å². The number of carbonyl (C=O) groups excluding carboxylic acids is 2. The Morgan fingerprint density at radius 2 is 0.931 bits per heavy atom. The quantitative estimate of drug-likeness (QED) is 0.120. The van der Waals surface area contributed by atoms with Gasteiger partial charge in [-0.1, -0.05) is 24.3 Å². The number of esters is 2. The lowest BCUT2D eigenvalue weighted by atomic mass is 10.0. The summed E-state index contributed by atoms with van der Waals surface area (Å²) < 4.78 is 9.49. The Hall–Kier alpha value is -0.540. The number of benzene rings is 4. The summed E-state index contributed by atoms with van der Waals surface area (Å²) in [5, 5.41) is 3.54. The van der Waals surface area contributed by atoms with Gasteiger partial charge in [0.15, 0.2) is 0 Å². The summed E-state index contributed by atoms with van der Waals surface area (Å²) in [6.07, 6.45) is 0. The summed E-state index contributed by atoms with van der Waals surface area (Å²) in [7, 11) is 0. The normalized spacial score (nSPS) is 11.0. The SMILES string of the molecule is O=C(OC(=O)c1ccc(I)c2c(I)cccc12)c1ccc(I)c2c(I)cccc12. The minimum atomic E-state index is -0.643. The van der Waals surface area contributed by atoms with Crippen molar-refractivity contribution in [2.45, 2.75) is 0 Å². The number of carbonyl (C=O) groups is 2. The van der Waals surface area contributed by atoms with Crippen molar-refractivity contribution >= 4 is 124 Å². The molecule has 29 heavy (non-hydrogen) atoms. The highest BCUT2D eigenvalue weighted by Gasteiger charge is 2.21. The molecule has 0 aromatic heterocycles. The van der Waals surface area contributed by atoms with Crippen LogP contribution in [0.1, 0.15) is 20.7 Å². The smallest absolute Gasteiger partial charge is 0.346 e. The first kappa shape index (κ1) is 21.7. The molecule has 0 saturated heterocycles. The Labute approximate surface area is 221 Å². The summed E-state index contributed by atoms with van der Waals surface area (Å²) >= 11 is 9.00. The van der Waals surface area contributed by atoms with E-state index in [2.05, 4.69) is 90.4 Å². The standard InChI is InChI=1S/C22H10I4O3/c23-15-5-1-3-11-13(7-9-17(25)19(11)15)21(27)29-22(28)14-8-10-18(26)20-12(14)4-2-6-16(20)24/h1-10H. The Morgan fingerprint density at radius 3 is 1.34 bits per heavy atom. The lowest BCUT2D eigenvalue weighted by molar-refractivity contribution is 0.0400. The van der Waals surface area contributed by atoms with E-state index >= 15 is 0 Å². The van der Waals surface area contributed by atoms with Gasteiger partial charge >= 0.3 is 11.9 Å². The molecule has 4 rings (SSSR count). The van der Waals surface area contributed by atoms with E-state index in [1.54, 1.807) is 12.1 Å². The molecule has 0 N–H and O–H groups in total. The molecule has 144 valence electrons. The van der Waals surface area contributed by atoms with Gasteiger partial charge in [-0.3, -0.25) is 0 Å². The number of fused-ring (bicyclic) bond motifs is 2. The molecule has 7 heteroatoms. The predicted octanol–water partition coefficient (Wildman–Crippen LogP) is 7.41. The summed E-state index contributed by atoms with van der Waals surface area (Å²) in [5.74, 6) is -1.29. The average molecular weight is 830 g/mol. The van der Waals surface area contributed by atoms with E-state index in [1.165, 1.54) is 0 Å². The maximum atomic E-state index is 12.9. The molecule has 0 aliphatic carbocycles. The molecular formula is C22H10I4O3. The van der Waals surface area contributed by atoms with Crippen LogP contribution in [0.4, 0.5) is 0 Å². The fourth-order valence-corrected chi connectivity index (χ4v) is 7.32. The molecule has 4 aromatic carbocycles. The van der Waals surface area contributed by atoms with E-state index < -0.39 is 11.9 Å². The summed E-state index contributed by atoms with van der Waals surface area (Å²) in [5.41, 5.74) is 0.772. The number of ether oxygens (including phenoxy) is 1. The Morgan fingerprint density at radius 1 is 0.552 bits per heavy atom. The van der Waals surface area contributed by atoms with E-state index in [4.69, 9.17) is 4.74 Å². The lowest BCUT2D eigenvalue weighted by Crippen LogP contribution is -2.14. The monoisotopic (exact) mass is 830 g/mol. The third-order valence-electron chi connectivity index (χ3n) is 4.50. The van der Waals surface area contributed by atoms with Gasteiger partial charge in [-0.05, 0) is 138 Å². The molecule has 0 saturated carbocycles. The third kappa shape index (κ3) is 4.15. The van der Waals surface area contributed by atoms with Crippen molar-refractivity contribution in [2.24, 2.45) is 0 Å². The second-order valence-corrected chi connectivity index (χ2v) is 10.8. The highest BCUT2D eigenvalue weighted by Crippen LogP contribution is 2.31. The zero-order valence-electron chi connectivity index (χ0n) is 14.5. The summed E-state index contributed by atoms with van der Waals surface area (Å²) in [6, 6.07) is 18.7. The van der Waals surface area contributed by atoms with Crippen molar-refractivity contribution in [3.8, 4) is 0 Å². The van der Waals surface area contributed by atoms with Gasteiger partial charge < -0.3 is 4.74 Å². The number of rotatable bonds is 2. The Balaban J connectivity index is 1.75. The van der Waals surface area contributed by atoms with Crippen molar-refractivity contribution < 1.29 is 14.3 Å². The molecule has 0 spiro atoms. The van der Waals surface area contributed by atoms with Gasteiger partial charge in [-0.2, -0.15) is 0 Å². The van der Waals surface area contributed by atoms with Crippen molar-refractivity contribution in [2.75, 3.05) is 0 Å². The second-order valence-electron chi connectivity index (χ2n) is 6.19. The molecule has 0 heterocycles. The zero-order valence-corrected chi connectivity index (χ0v) is 23.1. The van der Waals surface area contributed by atoms with Crippen LogP contribution in [-0.4, -0.2) is 11.9 Å². The molecule has 0 bridgehead atoms. The molecular weight excluding hydrogens is 820 g/mol. The van der Waals surface area contributed by atoms with Gasteiger partial charge in [0.25, 0.3) is 0 Å². The van der Waals surface area contributed by atoms with Crippen LogP contribution in [0.5, 0.6) is 0 Å². The Kier molecular flexibility index (Phi) is 6.66. The number of hydrogen-bond acceptors (Lipinski definition) is 3. The van der Waals surface area contributed by atoms with Crippen molar-refractivity contribution in [3.05, 3.63) is 86.1 Å². The van der Waals surface area contributed by atoms with Crippen LogP contribution in [0.15, 0.2) is 60.7 Å². The molecule has 0 atom stereocenters. The van der Waals surface area contributed by atoms with Gasteiger partial charge in [-0.25, -0.2) is 9.59 Å². The van der Waals surface area contributed by atoms with Crippen LogP contribution < -0.4 is 0 Å². The van der Waals surface area contributed by atoms with Crippen LogP contribution in [0.3, 0.4) is 0 Å². The van der Waals surface area contributed by atoms with Gasteiger partial charge in [0.1, 0.15) is 0 Å². The fourth-order valence-electron chi connectivity index (χ4n) is 3.19. The number of hydrogen-bond donors (Lipinski definition) is 0.